The zero-order valence-corrected chi connectivity index (χ0v) is 23.6. The van der Waals surface area contributed by atoms with Gasteiger partial charge in [-0.25, -0.2) is 9.97 Å². The number of aromatic nitrogens is 2. The van der Waals surface area contributed by atoms with E-state index in [1.54, 1.807) is 0 Å². The number of carboxylic acids is 1. The van der Waals surface area contributed by atoms with Crippen LogP contribution < -0.4 is 51.4 Å². The van der Waals surface area contributed by atoms with Crippen molar-refractivity contribution in [2.24, 2.45) is 10.9 Å². The fraction of sp³-hybridized carbons (Fsp3) is 0.333. The third-order valence-corrected chi connectivity index (χ3v) is 9.05. The van der Waals surface area contributed by atoms with Gasteiger partial charge in [0.05, 0.1) is 17.4 Å². The van der Waals surface area contributed by atoms with Crippen LogP contribution in [0.2, 0.25) is 0 Å². The minimum Gasteiger partial charge on any atom is -0.543 e. The fourth-order valence-corrected chi connectivity index (χ4v) is 7.21. The van der Waals surface area contributed by atoms with Crippen LogP contribution in [0.1, 0.15) is 16.4 Å². The number of thioether (sulfide) groups is 2. The molecule has 1 fully saturated rings. The Morgan fingerprint density at radius 3 is 2.71 bits per heavy atom. The van der Waals surface area contributed by atoms with Gasteiger partial charge in [-0.2, -0.15) is 0 Å². The number of hydrogen-bond donors (Lipinski definition) is 4. The van der Waals surface area contributed by atoms with Gasteiger partial charge in [-0.05, 0) is 6.42 Å². The Kier molecular flexibility index (Phi) is 9.61. The summed E-state index contributed by atoms with van der Waals surface area (Å²) in [6, 6.07) is -0.990. The van der Waals surface area contributed by atoms with Gasteiger partial charge in [0.1, 0.15) is 22.1 Å². The Labute approximate surface area is 237 Å². The Morgan fingerprint density at radius 1 is 1.34 bits per heavy atom. The van der Waals surface area contributed by atoms with Gasteiger partial charge in [0, 0.05) is 33.7 Å². The number of aliphatic carboxylic acids is 1. The summed E-state index contributed by atoms with van der Waals surface area (Å²) in [7, 11) is 0. The summed E-state index contributed by atoms with van der Waals surface area (Å²) in [5.41, 5.74) is 11.5. The van der Waals surface area contributed by atoms with Crippen molar-refractivity contribution in [3.8, 4) is 0 Å². The number of hydrogen-bond acceptors (Lipinski definition) is 14. The number of nitrogens with one attached hydrogen (secondary N) is 1. The van der Waals surface area contributed by atoms with E-state index < -0.39 is 34.9 Å². The molecule has 0 aromatic carbocycles. The third kappa shape index (κ3) is 5.85. The number of fused-ring (bicyclic) bond motifs is 1. The smallest absolute Gasteiger partial charge is 0.543 e. The quantitative estimate of drug-likeness (QED) is 0.0766. The molecule has 4 heterocycles. The first-order valence-corrected chi connectivity index (χ1v) is 13.5. The second-order valence-corrected chi connectivity index (χ2v) is 11.1. The number of nitrogens with zero attached hydrogens (tertiary/aromatic N) is 4. The molecule has 2 aromatic rings. The molecule has 0 unspecified atom stereocenters. The van der Waals surface area contributed by atoms with Crippen molar-refractivity contribution in [1.82, 2.24) is 20.2 Å². The van der Waals surface area contributed by atoms with Crippen LogP contribution in [-0.4, -0.2) is 66.5 Å². The van der Waals surface area contributed by atoms with E-state index >= 15 is 0 Å². The largest absolute Gasteiger partial charge is 1.00 e. The SMILES string of the molecule is NCc1nc(CCSC2=C(C(=O)[O-])N3C(=O)[C@@H](NC(=O)/C(=N\O)c4csc(N)n4)[C@H]3SC2)cs1.[Na+]. The van der Waals surface area contributed by atoms with E-state index in [2.05, 4.69) is 20.4 Å². The van der Waals surface area contributed by atoms with Gasteiger partial charge in [0.25, 0.3) is 11.8 Å². The molecular weight excluding hydrogens is 546 g/mol. The van der Waals surface area contributed by atoms with Gasteiger partial charge in [-0.1, -0.05) is 5.16 Å². The van der Waals surface area contributed by atoms with E-state index in [-0.39, 0.29) is 46.1 Å². The normalized spacial score (nSPS) is 19.6. The van der Waals surface area contributed by atoms with Crippen molar-refractivity contribution in [3.05, 3.63) is 37.8 Å². The van der Waals surface area contributed by atoms with Crippen molar-refractivity contribution in [3.63, 3.8) is 0 Å². The maximum absolute atomic E-state index is 12.8. The Bertz CT molecular complexity index is 1200. The van der Waals surface area contributed by atoms with Crippen LogP contribution in [-0.2, 0) is 27.3 Å². The number of carbonyl (C=O) groups is 3. The average molecular weight is 564 g/mol. The first kappa shape index (κ1) is 27.9. The maximum atomic E-state index is 12.8. The summed E-state index contributed by atoms with van der Waals surface area (Å²) in [5.74, 6) is -1.97. The maximum Gasteiger partial charge on any atom is 1.00 e. The van der Waals surface area contributed by atoms with E-state index in [1.165, 1.54) is 40.2 Å². The molecule has 0 bridgehead atoms. The predicted octanol–water partition coefficient (Wildman–Crippen LogP) is -3.84. The molecule has 0 saturated carbocycles. The number of nitrogen functional groups attached to an aromatic ring is 1. The van der Waals surface area contributed by atoms with Crippen LogP contribution in [0, 0.1) is 0 Å². The van der Waals surface area contributed by atoms with Gasteiger partial charge in [-0.15, -0.1) is 46.2 Å². The molecule has 2 aliphatic rings. The van der Waals surface area contributed by atoms with Gasteiger partial charge >= 0.3 is 29.6 Å². The van der Waals surface area contributed by atoms with Crippen LogP contribution in [0.15, 0.2) is 26.5 Å². The van der Waals surface area contributed by atoms with Crippen LogP contribution in [0.3, 0.4) is 0 Å². The summed E-state index contributed by atoms with van der Waals surface area (Å²) < 4.78 is 0. The van der Waals surface area contributed by atoms with Gasteiger partial charge in [0.2, 0.25) is 0 Å². The van der Waals surface area contributed by atoms with Crippen molar-refractivity contribution < 1.29 is 54.3 Å². The number of carboxylic acid groups (broad SMARTS) is 1. The molecular formula is C18H18N7NaO5S4. The molecule has 0 aliphatic carbocycles. The molecule has 0 radical (unpaired) electrons. The van der Waals surface area contributed by atoms with Gasteiger partial charge < -0.3 is 31.9 Å². The summed E-state index contributed by atoms with van der Waals surface area (Å²) in [4.78, 5) is 47.2. The van der Waals surface area contributed by atoms with Crippen LogP contribution in [0.4, 0.5) is 5.13 Å². The molecule has 0 spiro atoms. The number of aryl methyl sites for hydroxylation is 1. The molecule has 180 valence electrons. The topological polar surface area (TPSA) is 200 Å². The van der Waals surface area contributed by atoms with Crippen molar-refractivity contribution in [1.29, 1.82) is 0 Å². The van der Waals surface area contributed by atoms with Crippen LogP contribution >= 0.6 is 46.2 Å². The van der Waals surface area contributed by atoms with E-state index in [1.807, 2.05) is 5.38 Å². The van der Waals surface area contributed by atoms with E-state index in [0.29, 0.717) is 29.4 Å². The number of amides is 2. The fourth-order valence-electron chi connectivity index (χ4n) is 3.35. The Balaban J connectivity index is 0.00000342. The van der Waals surface area contributed by atoms with Crippen LogP contribution in [0.25, 0.3) is 0 Å². The zero-order chi connectivity index (χ0) is 24.4. The number of rotatable bonds is 9. The van der Waals surface area contributed by atoms with Crippen molar-refractivity contribution in [2.45, 2.75) is 24.4 Å². The molecule has 4 rings (SSSR count). The first-order valence-electron chi connectivity index (χ1n) is 9.73. The summed E-state index contributed by atoms with van der Waals surface area (Å²) in [6.07, 6.45) is 0.621. The number of thiazole rings is 2. The second-order valence-electron chi connectivity index (χ2n) is 6.97. The molecule has 2 amide bonds. The Morgan fingerprint density at radius 2 is 2.11 bits per heavy atom. The monoisotopic (exact) mass is 563 g/mol. The zero-order valence-electron chi connectivity index (χ0n) is 18.3. The number of anilines is 1. The predicted molar refractivity (Wildman–Crippen MR) is 128 cm³/mol. The summed E-state index contributed by atoms with van der Waals surface area (Å²) in [5, 5.41) is 30.3. The first-order chi connectivity index (χ1) is 16.3. The number of nitrogens with two attached hydrogens (primary N) is 2. The number of β-lactam (4-membered cyclic amide) rings is 1. The molecule has 2 atom stereocenters. The van der Waals surface area contributed by atoms with E-state index in [4.69, 9.17) is 11.5 Å². The average Bonchev–Trinajstić information content (AvgIpc) is 3.46. The molecule has 6 N–H and O–H groups in total. The summed E-state index contributed by atoms with van der Waals surface area (Å²) >= 11 is 5.19. The minimum atomic E-state index is -1.46. The molecule has 12 nitrogen and oxygen atoms in total. The number of oxime groups is 1. The molecule has 1 saturated heterocycles. The Hall–Kier alpha value is -1.66. The van der Waals surface area contributed by atoms with E-state index in [0.717, 1.165) is 26.9 Å². The molecule has 35 heavy (non-hydrogen) atoms. The van der Waals surface area contributed by atoms with Crippen molar-refractivity contribution in [2.75, 3.05) is 17.2 Å². The molecule has 2 aromatic heterocycles. The van der Waals surface area contributed by atoms with Gasteiger partial charge in [-0.3, -0.25) is 14.5 Å². The minimum absolute atomic E-state index is 0. The molecule has 2 aliphatic heterocycles. The van der Waals surface area contributed by atoms with Crippen molar-refractivity contribution >= 4 is 74.8 Å². The third-order valence-electron chi connectivity index (χ3n) is 4.90. The van der Waals surface area contributed by atoms with Gasteiger partial charge in [0.15, 0.2) is 10.8 Å². The summed E-state index contributed by atoms with van der Waals surface area (Å²) in [6.45, 7) is 0.369. The number of carbonyl (C=O) groups excluding carboxylic acids is 3. The standard InChI is InChI=1S/C18H19N7O5S4.Na/c19-3-10-21-7(4-32-10)1-2-31-9-6-33-16-12(15(27)25(16)13(9)17(28)29)23-14(26)11(24-30)8-5-34-18(20)22-8;/h4-5,12,16,30H,1-3,6,19H2,(H2,20,22)(H,23,26)(H,28,29);/q;+1/p-1/b24-11-;/t12-,16-;/m1./s1. The van der Waals surface area contributed by atoms with E-state index in [9.17, 15) is 24.7 Å². The second kappa shape index (κ2) is 12.1. The molecule has 17 heteroatoms. The van der Waals surface area contributed by atoms with Crippen LogP contribution in [0.5, 0.6) is 0 Å².